The second-order valence-electron chi connectivity index (χ2n) is 5.98. The molecular formula is C18H21N3O6S. The fourth-order valence-corrected chi connectivity index (χ4v) is 3.45. The number of nitrogens with one attached hydrogen (secondary N) is 2. The molecule has 2 aromatic rings. The van der Waals surface area contributed by atoms with Crippen LogP contribution in [-0.2, 0) is 14.8 Å². The number of hydrogen-bond acceptors (Lipinski definition) is 6. The second-order valence-corrected chi connectivity index (χ2v) is 7.75. The summed E-state index contributed by atoms with van der Waals surface area (Å²) >= 11 is 0. The molecule has 2 aromatic carbocycles. The Kier molecular flexibility index (Phi) is 7.21. The van der Waals surface area contributed by atoms with Crippen LogP contribution in [0, 0.1) is 17.0 Å². The van der Waals surface area contributed by atoms with Gasteiger partial charge in [0.25, 0.3) is 11.6 Å². The Labute approximate surface area is 162 Å². The predicted molar refractivity (Wildman–Crippen MR) is 104 cm³/mol. The number of sulfonamides is 1. The maximum atomic E-state index is 12.3. The summed E-state index contributed by atoms with van der Waals surface area (Å²) in [5, 5.41) is 13.6. The lowest BCUT2D eigenvalue weighted by molar-refractivity contribution is -0.385. The Hall–Kier alpha value is -2.82. The van der Waals surface area contributed by atoms with E-state index >= 15 is 0 Å². The van der Waals surface area contributed by atoms with Gasteiger partial charge in [-0.05, 0) is 43.7 Å². The van der Waals surface area contributed by atoms with Crippen LogP contribution in [0.5, 0.6) is 0 Å². The molecule has 2 rings (SSSR count). The summed E-state index contributed by atoms with van der Waals surface area (Å²) in [6.45, 7) is 2.29. The van der Waals surface area contributed by atoms with E-state index < -0.39 is 20.9 Å². The van der Waals surface area contributed by atoms with Crippen molar-refractivity contribution in [2.24, 2.45) is 0 Å². The van der Waals surface area contributed by atoms with E-state index in [2.05, 4.69) is 10.0 Å². The third-order valence-electron chi connectivity index (χ3n) is 3.91. The minimum atomic E-state index is -3.65. The van der Waals surface area contributed by atoms with Gasteiger partial charge in [0.05, 0.1) is 9.82 Å². The number of carbonyl (C=O) groups is 1. The Bertz CT molecular complexity index is 958. The maximum absolute atomic E-state index is 12.3. The van der Waals surface area contributed by atoms with Crippen LogP contribution in [0.1, 0.15) is 22.3 Å². The van der Waals surface area contributed by atoms with Crippen LogP contribution in [-0.4, -0.2) is 39.5 Å². The van der Waals surface area contributed by atoms with Gasteiger partial charge in [0.15, 0.2) is 0 Å². The molecule has 0 saturated carbocycles. The number of nitrogens with zero attached hydrogens (tertiary/aromatic N) is 1. The summed E-state index contributed by atoms with van der Waals surface area (Å²) in [7, 11) is -2.11. The summed E-state index contributed by atoms with van der Waals surface area (Å²) in [4.78, 5) is 22.8. The molecule has 9 nitrogen and oxygen atoms in total. The number of hydrogen-bond donors (Lipinski definition) is 2. The SMILES string of the molecule is COCCCNS(=O)(=O)c1ccc(NC(=O)c2ccc(C)c([N+](=O)[O-])c2)cc1. The first-order chi connectivity index (χ1) is 13.2. The van der Waals surface area contributed by atoms with E-state index in [9.17, 15) is 23.3 Å². The van der Waals surface area contributed by atoms with Crippen molar-refractivity contribution in [3.05, 3.63) is 63.7 Å². The number of nitro benzene ring substituents is 1. The third-order valence-corrected chi connectivity index (χ3v) is 5.38. The molecule has 0 spiro atoms. The van der Waals surface area contributed by atoms with Gasteiger partial charge in [-0.3, -0.25) is 14.9 Å². The lowest BCUT2D eigenvalue weighted by Gasteiger charge is -2.09. The first kappa shape index (κ1) is 21.5. The summed E-state index contributed by atoms with van der Waals surface area (Å²) in [5.41, 5.74) is 0.808. The summed E-state index contributed by atoms with van der Waals surface area (Å²) < 4.78 is 31.7. The minimum Gasteiger partial charge on any atom is -0.385 e. The minimum absolute atomic E-state index is 0.0638. The zero-order valence-corrected chi connectivity index (χ0v) is 16.3. The molecule has 2 N–H and O–H groups in total. The van der Waals surface area contributed by atoms with E-state index in [0.29, 0.717) is 24.3 Å². The number of ether oxygens (including phenoxy) is 1. The first-order valence-corrected chi connectivity index (χ1v) is 9.88. The molecule has 1 amide bonds. The monoisotopic (exact) mass is 407 g/mol. The van der Waals surface area contributed by atoms with Gasteiger partial charge < -0.3 is 10.1 Å². The van der Waals surface area contributed by atoms with Crippen LogP contribution in [0.2, 0.25) is 0 Å². The fourth-order valence-electron chi connectivity index (χ4n) is 2.37. The van der Waals surface area contributed by atoms with Crippen LogP contribution in [0.3, 0.4) is 0 Å². The summed E-state index contributed by atoms with van der Waals surface area (Å²) in [6, 6.07) is 9.82. The van der Waals surface area contributed by atoms with Crippen LogP contribution < -0.4 is 10.0 Å². The normalized spacial score (nSPS) is 11.2. The fraction of sp³-hybridized carbons (Fsp3) is 0.278. The van der Waals surface area contributed by atoms with Crippen molar-refractivity contribution >= 4 is 27.3 Å². The van der Waals surface area contributed by atoms with Crippen molar-refractivity contribution in [1.82, 2.24) is 4.72 Å². The standard InChI is InChI=1S/C18H21N3O6S/c1-13-4-5-14(12-17(13)21(23)24)18(22)20-15-6-8-16(9-7-15)28(25,26)19-10-3-11-27-2/h4-9,12,19H,3,10-11H2,1-2H3,(H,20,22). The largest absolute Gasteiger partial charge is 0.385 e. The molecule has 0 aliphatic heterocycles. The van der Waals surface area contributed by atoms with Crippen molar-refractivity contribution in [2.45, 2.75) is 18.2 Å². The van der Waals surface area contributed by atoms with Gasteiger partial charge in [-0.25, -0.2) is 13.1 Å². The van der Waals surface area contributed by atoms with Crippen LogP contribution >= 0.6 is 0 Å². The molecule has 0 atom stereocenters. The van der Waals surface area contributed by atoms with E-state index in [0.717, 1.165) is 0 Å². The van der Waals surface area contributed by atoms with Crippen LogP contribution in [0.15, 0.2) is 47.4 Å². The highest BCUT2D eigenvalue weighted by atomic mass is 32.2. The molecule has 28 heavy (non-hydrogen) atoms. The van der Waals surface area contributed by atoms with Gasteiger partial charge in [0.2, 0.25) is 10.0 Å². The van der Waals surface area contributed by atoms with Gasteiger partial charge in [-0.1, -0.05) is 6.07 Å². The molecule has 0 radical (unpaired) electrons. The third kappa shape index (κ3) is 5.59. The van der Waals surface area contributed by atoms with E-state index in [4.69, 9.17) is 4.74 Å². The topological polar surface area (TPSA) is 128 Å². The average Bonchev–Trinajstić information content (AvgIpc) is 2.66. The number of methoxy groups -OCH3 is 1. The Morgan fingerprint density at radius 1 is 1.18 bits per heavy atom. The van der Waals surface area contributed by atoms with Gasteiger partial charge >= 0.3 is 0 Å². The quantitative estimate of drug-likeness (QED) is 0.373. The van der Waals surface area contributed by atoms with Gasteiger partial charge in [-0.15, -0.1) is 0 Å². The lowest BCUT2D eigenvalue weighted by atomic mass is 10.1. The van der Waals surface area contributed by atoms with Crippen LogP contribution in [0.25, 0.3) is 0 Å². The molecule has 0 saturated heterocycles. The number of benzene rings is 2. The Morgan fingerprint density at radius 2 is 1.86 bits per heavy atom. The summed E-state index contributed by atoms with van der Waals surface area (Å²) in [6.07, 6.45) is 0.548. The molecule has 10 heteroatoms. The van der Waals surface area contributed by atoms with E-state index in [1.54, 1.807) is 6.92 Å². The lowest BCUT2D eigenvalue weighted by Crippen LogP contribution is -2.25. The Morgan fingerprint density at radius 3 is 2.46 bits per heavy atom. The van der Waals surface area contributed by atoms with E-state index in [-0.39, 0.29) is 22.7 Å². The molecule has 0 bridgehead atoms. The van der Waals surface area contributed by atoms with Crippen molar-refractivity contribution in [3.63, 3.8) is 0 Å². The molecule has 0 aliphatic carbocycles. The molecule has 150 valence electrons. The van der Waals surface area contributed by atoms with Crippen molar-refractivity contribution in [1.29, 1.82) is 0 Å². The average molecular weight is 407 g/mol. The summed E-state index contributed by atoms with van der Waals surface area (Å²) in [5.74, 6) is -0.531. The maximum Gasteiger partial charge on any atom is 0.273 e. The van der Waals surface area contributed by atoms with Crippen molar-refractivity contribution in [3.8, 4) is 0 Å². The van der Waals surface area contributed by atoms with Crippen molar-refractivity contribution < 1.29 is 22.9 Å². The molecule has 0 heterocycles. The Balaban J connectivity index is 2.07. The molecule has 0 aromatic heterocycles. The molecule has 0 aliphatic rings. The zero-order chi connectivity index (χ0) is 20.7. The van der Waals surface area contributed by atoms with E-state index in [1.807, 2.05) is 0 Å². The second kappa shape index (κ2) is 9.40. The zero-order valence-electron chi connectivity index (χ0n) is 15.5. The number of nitro groups is 1. The number of amides is 1. The highest BCUT2D eigenvalue weighted by Crippen LogP contribution is 2.20. The van der Waals surface area contributed by atoms with Gasteiger partial charge in [0, 0.05) is 43.1 Å². The van der Waals surface area contributed by atoms with Crippen molar-refractivity contribution in [2.75, 3.05) is 25.6 Å². The van der Waals surface area contributed by atoms with Crippen LogP contribution in [0.4, 0.5) is 11.4 Å². The molecular weight excluding hydrogens is 386 g/mol. The molecule has 0 fully saturated rings. The first-order valence-electron chi connectivity index (χ1n) is 8.39. The molecule has 0 unspecified atom stereocenters. The number of anilines is 1. The highest BCUT2D eigenvalue weighted by Gasteiger charge is 2.16. The number of aryl methyl sites for hydroxylation is 1. The van der Waals surface area contributed by atoms with Gasteiger partial charge in [-0.2, -0.15) is 0 Å². The number of carbonyl (C=O) groups excluding carboxylic acids is 1. The highest BCUT2D eigenvalue weighted by molar-refractivity contribution is 7.89. The van der Waals surface area contributed by atoms with E-state index in [1.165, 1.54) is 49.6 Å². The number of rotatable bonds is 9. The van der Waals surface area contributed by atoms with Gasteiger partial charge in [0.1, 0.15) is 0 Å². The predicted octanol–water partition coefficient (Wildman–Crippen LogP) is 2.47. The smallest absolute Gasteiger partial charge is 0.273 e.